The van der Waals surface area contributed by atoms with Crippen molar-refractivity contribution in [1.82, 2.24) is 15.0 Å². The third kappa shape index (κ3) is 4.37. The maximum absolute atomic E-state index is 12.8. The van der Waals surface area contributed by atoms with E-state index in [2.05, 4.69) is 31.8 Å². The van der Waals surface area contributed by atoms with E-state index in [0.29, 0.717) is 30.9 Å². The van der Waals surface area contributed by atoms with E-state index in [9.17, 15) is 17.6 Å². The second-order valence-corrected chi connectivity index (χ2v) is 6.77. The van der Waals surface area contributed by atoms with Crippen molar-refractivity contribution in [3.05, 3.63) is 53.5 Å². The average Bonchev–Trinajstić information content (AvgIpc) is 3.20. The maximum Gasteiger partial charge on any atom is 0.419 e. The second kappa shape index (κ2) is 8.68. The van der Waals surface area contributed by atoms with Crippen LogP contribution in [0.15, 0.2) is 47.4 Å². The van der Waals surface area contributed by atoms with Crippen molar-refractivity contribution in [2.75, 3.05) is 37.2 Å². The number of hydrogen-bond donors (Lipinski definition) is 2. The molecular weight excluding hydrogens is 400 g/mol. The van der Waals surface area contributed by atoms with Crippen molar-refractivity contribution in [3.8, 4) is 0 Å². The van der Waals surface area contributed by atoms with E-state index in [1.165, 1.54) is 0 Å². The van der Waals surface area contributed by atoms with Crippen LogP contribution in [0.1, 0.15) is 24.5 Å². The molecule has 0 atom stereocenters. The molecule has 1 aliphatic heterocycles. The predicted octanol–water partition coefficient (Wildman–Crippen LogP) is 4.47. The van der Waals surface area contributed by atoms with E-state index in [1.807, 2.05) is 6.92 Å². The molecule has 0 aromatic carbocycles. The first-order chi connectivity index (χ1) is 14.3. The number of piperidine rings is 1. The molecule has 0 spiro atoms. The highest BCUT2D eigenvalue weighted by atomic mass is 19.4. The van der Waals surface area contributed by atoms with E-state index in [4.69, 9.17) is 0 Å². The monoisotopic (exact) mass is 422 g/mol. The van der Waals surface area contributed by atoms with Crippen LogP contribution in [0.2, 0.25) is 0 Å². The summed E-state index contributed by atoms with van der Waals surface area (Å²) in [5.74, 6) is 0.742. The van der Waals surface area contributed by atoms with Crippen molar-refractivity contribution >= 4 is 23.1 Å². The Kier molecular flexibility index (Phi) is 6.23. The summed E-state index contributed by atoms with van der Waals surface area (Å²) in [5.41, 5.74) is 3.17. The first kappa shape index (κ1) is 21.5. The molecule has 0 unspecified atom stereocenters. The number of nitrogens with zero attached hydrogens (tertiary/aromatic N) is 4. The Morgan fingerprint density at radius 3 is 2.63 bits per heavy atom. The van der Waals surface area contributed by atoms with Crippen molar-refractivity contribution in [2.45, 2.75) is 19.5 Å². The van der Waals surface area contributed by atoms with E-state index >= 15 is 0 Å². The van der Waals surface area contributed by atoms with Gasteiger partial charge in [0.1, 0.15) is 5.82 Å². The van der Waals surface area contributed by atoms with Gasteiger partial charge in [-0.05, 0) is 29.7 Å². The number of anilines is 2. The molecule has 0 amide bonds. The summed E-state index contributed by atoms with van der Waals surface area (Å²) in [5, 5.41) is 2.61. The Hall–Kier alpha value is -3.17. The molecular formula is C20H22F4N6. The third-order valence-corrected chi connectivity index (χ3v) is 5.06. The van der Waals surface area contributed by atoms with Gasteiger partial charge in [-0.3, -0.25) is 4.99 Å². The number of alkyl halides is 4. The van der Waals surface area contributed by atoms with Gasteiger partial charge in [-0.25, -0.2) is 14.4 Å². The van der Waals surface area contributed by atoms with Crippen LogP contribution in [-0.2, 0) is 6.18 Å². The molecule has 160 valence electrons. The van der Waals surface area contributed by atoms with Crippen LogP contribution in [-0.4, -0.2) is 47.6 Å². The zero-order valence-electron chi connectivity index (χ0n) is 16.6. The Bertz CT molecular complexity index is 972. The lowest BCUT2D eigenvalue weighted by Crippen LogP contribution is -2.37. The molecule has 0 radical (unpaired) electrons. The number of aromatic amines is 1. The number of allylic oxidation sites excluding steroid dienone is 2. The van der Waals surface area contributed by atoms with Gasteiger partial charge in [0.05, 0.1) is 5.56 Å². The smallest absolute Gasteiger partial charge is 0.348 e. The molecule has 6 nitrogen and oxygen atoms in total. The van der Waals surface area contributed by atoms with Crippen molar-refractivity contribution in [1.29, 1.82) is 0 Å². The lowest BCUT2D eigenvalue weighted by molar-refractivity contribution is -0.138. The lowest BCUT2D eigenvalue weighted by Gasteiger charge is -2.31. The third-order valence-electron chi connectivity index (χ3n) is 5.06. The molecule has 1 saturated heterocycles. The van der Waals surface area contributed by atoms with Crippen LogP contribution >= 0.6 is 0 Å². The van der Waals surface area contributed by atoms with Crippen molar-refractivity contribution < 1.29 is 17.6 Å². The molecule has 10 heteroatoms. The van der Waals surface area contributed by atoms with Crippen LogP contribution < -0.4 is 10.2 Å². The second-order valence-electron chi connectivity index (χ2n) is 6.77. The van der Waals surface area contributed by atoms with E-state index < -0.39 is 18.5 Å². The number of nitrogens with one attached hydrogen (secondary N) is 2. The zero-order chi connectivity index (χ0) is 21.9. The maximum atomic E-state index is 12.8. The van der Waals surface area contributed by atoms with Gasteiger partial charge in [-0.15, -0.1) is 0 Å². The Morgan fingerprint density at radius 1 is 1.33 bits per heavy atom. The Balaban J connectivity index is 1.90. The van der Waals surface area contributed by atoms with Gasteiger partial charge in [0.2, 0.25) is 5.95 Å². The van der Waals surface area contributed by atoms with Crippen LogP contribution in [0.4, 0.5) is 29.3 Å². The molecule has 2 aromatic rings. The fraction of sp³-hybridized carbons (Fsp3) is 0.350. The summed E-state index contributed by atoms with van der Waals surface area (Å²) < 4.78 is 51.1. The summed E-state index contributed by atoms with van der Waals surface area (Å²) in [6, 6.07) is 1.80. The summed E-state index contributed by atoms with van der Waals surface area (Å²) in [7, 11) is 1.70. The minimum Gasteiger partial charge on any atom is -0.348 e. The van der Waals surface area contributed by atoms with E-state index in [-0.39, 0.29) is 5.95 Å². The largest absolute Gasteiger partial charge is 0.419 e. The molecule has 2 N–H and O–H groups in total. The highest BCUT2D eigenvalue weighted by molar-refractivity contribution is 6.05. The number of H-pyrrole nitrogens is 1. The van der Waals surface area contributed by atoms with Gasteiger partial charge >= 0.3 is 6.18 Å². The standard InChI is InChI=1S/C20H22F4N6/c1-12(15-4-6-26-18(15)29-11-21)13(2)16-10-30(7-5-17(16)25-3)19-27-8-14(9-28-19)20(22,23)24/h4,6,8-9,26,29H,1,5,7,10-11H2,2-3H3/b16-13+,25-17?. The summed E-state index contributed by atoms with van der Waals surface area (Å²) in [4.78, 5) is 16.9. The first-order valence-corrected chi connectivity index (χ1v) is 9.23. The lowest BCUT2D eigenvalue weighted by atomic mass is 9.91. The highest BCUT2D eigenvalue weighted by Gasteiger charge is 2.32. The van der Waals surface area contributed by atoms with Crippen LogP contribution in [0.3, 0.4) is 0 Å². The fourth-order valence-electron chi connectivity index (χ4n) is 3.35. The van der Waals surface area contributed by atoms with Gasteiger partial charge in [-0.1, -0.05) is 6.58 Å². The molecule has 3 rings (SSSR count). The van der Waals surface area contributed by atoms with Gasteiger partial charge in [-0.2, -0.15) is 13.2 Å². The SMILES string of the molecule is C=C(/C(C)=C1\CN(c2ncc(C(F)(F)F)cn2)CCC1=NC)c1cc[nH]c1NCF. The predicted molar refractivity (Wildman–Crippen MR) is 109 cm³/mol. The highest BCUT2D eigenvalue weighted by Crippen LogP contribution is 2.32. The van der Waals surface area contributed by atoms with Crippen LogP contribution in [0.25, 0.3) is 5.57 Å². The molecule has 0 aliphatic carbocycles. The van der Waals surface area contributed by atoms with Crippen LogP contribution in [0, 0.1) is 0 Å². The van der Waals surface area contributed by atoms with E-state index in [0.717, 1.165) is 34.8 Å². The number of halogens is 4. The molecule has 0 saturated carbocycles. The number of aromatic nitrogens is 3. The minimum absolute atomic E-state index is 0.218. The fourth-order valence-corrected chi connectivity index (χ4v) is 3.35. The number of rotatable bonds is 5. The van der Waals surface area contributed by atoms with Crippen molar-refractivity contribution in [3.63, 3.8) is 0 Å². The molecule has 2 aromatic heterocycles. The quantitative estimate of drug-likeness (QED) is 0.551. The van der Waals surface area contributed by atoms with E-state index in [1.54, 1.807) is 24.2 Å². The first-order valence-electron chi connectivity index (χ1n) is 9.23. The van der Waals surface area contributed by atoms with Crippen molar-refractivity contribution in [2.24, 2.45) is 4.99 Å². The van der Waals surface area contributed by atoms with Crippen LogP contribution in [0.5, 0.6) is 0 Å². The van der Waals surface area contributed by atoms with Gasteiger partial charge in [0.25, 0.3) is 0 Å². The Morgan fingerprint density at radius 2 is 2.03 bits per heavy atom. The number of hydrogen-bond acceptors (Lipinski definition) is 5. The number of aliphatic imine (C=N–C) groups is 1. The molecule has 1 aliphatic rings. The zero-order valence-corrected chi connectivity index (χ0v) is 16.6. The molecule has 0 bridgehead atoms. The van der Waals surface area contributed by atoms with Gasteiger partial charge in [0, 0.05) is 56.4 Å². The average molecular weight is 422 g/mol. The van der Waals surface area contributed by atoms with Gasteiger partial charge < -0.3 is 15.2 Å². The van der Waals surface area contributed by atoms with Gasteiger partial charge in [0.15, 0.2) is 6.80 Å². The molecule has 30 heavy (non-hydrogen) atoms. The molecule has 1 fully saturated rings. The Labute approximate surface area is 171 Å². The minimum atomic E-state index is -4.48. The summed E-state index contributed by atoms with van der Waals surface area (Å²) >= 11 is 0. The topological polar surface area (TPSA) is 69.2 Å². The normalized spacial score (nSPS) is 17.9. The summed E-state index contributed by atoms with van der Waals surface area (Å²) in [6.07, 6.45) is -0.632. The molecule has 3 heterocycles. The summed E-state index contributed by atoms with van der Waals surface area (Å²) in [6.45, 7) is 6.22.